The standard InChI is InChI=1S/C35H33F3N6O6S/c36-35(37,38)50-26-16-9-10-22(20-26)21-28(45)39-27-19-18-25(41-42-27)15-7-8-17-29-43-44-34(51-29)40-32(47)31(24-13-5-2-6-14-24)49-33(48)30(46)23-11-3-1-4-12-23/h1-6,9-14,16,18-20,30-31,34,44,46H,7-8,15,17,21H2,(H,40,47)(H,39,42,45). The van der Waals surface area contributed by atoms with Crippen LogP contribution < -0.4 is 20.8 Å². The molecule has 0 bridgehead atoms. The summed E-state index contributed by atoms with van der Waals surface area (Å²) < 4.78 is 46.8. The fourth-order valence-electron chi connectivity index (χ4n) is 4.92. The molecular formula is C35H33F3N6O6S. The van der Waals surface area contributed by atoms with Crippen LogP contribution in [0.25, 0.3) is 0 Å². The van der Waals surface area contributed by atoms with Gasteiger partial charge in [-0.2, -0.15) is 10.2 Å². The minimum absolute atomic E-state index is 0.181. The van der Waals surface area contributed by atoms with E-state index < -0.39 is 47.6 Å². The number of nitrogens with zero attached hydrogens (tertiary/aromatic N) is 3. The molecule has 2 heterocycles. The quantitative estimate of drug-likeness (QED) is 0.0931. The third-order valence-corrected chi connectivity index (χ3v) is 8.33. The fraction of sp³-hybridized carbons (Fsp3) is 0.257. The minimum Gasteiger partial charge on any atom is -0.445 e. The summed E-state index contributed by atoms with van der Waals surface area (Å²) in [5, 5.41) is 29.1. The average Bonchev–Trinajstić information content (AvgIpc) is 3.56. The Hall–Kier alpha value is -5.48. The number of amides is 2. The van der Waals surface area contributed by atoms with Gasteiger partial charge in [-0.1, -0.05) is 84.6 Å². The predicted octanol–water partition coefficient (Wildman–Crippen LogP) is 5.34. The second-order valence-corrected chi connectivity index (χ2v) is 12.4. The number of hydrogen-bond donors (Lipinski definition) is 4. The van der Waals surface area contributed by atoms with Crippen LogP contribution in [0, 0.1) is 0 Å². The van der Waals surface area contributed by atoms with Crippen molar-refractivity contribution < 1.29 is 42.1 Å². The topological polar surface area (TPSA) is 164 Å². The summed E-state index contributed by atoms with van der Waals surface area (Å²) in [4.78, 5) is 38.5. The first-order valence-corrected chi connectivity index (χ1v) is 16.6. The van der Waals surface area contributed by atoms with Crippen molar-refractivity contribution in [3.63, 3.8) is 0 Å². The smallest absolute Gasteiger partial charge is 0.445 e. The van der Waals surface area contributed by atoms with Crippen molar-refractivity contribution in [1.29, 1.82) is 0 Å². The Balaban J connectivity index is 1.03. The van der Waals surface area contributed by atoms with Crippen molar-refractivity contribution >= 4 is 40.4 Å². The molecule has 12 nitrogen and oxygen atoms in total. The molecule has 4 N–H and O–H groups in total. The van der Waals surface area contributed by atoms with Crippen LogP contribution in [-0.4, -0.2) is 50.0 Å². The van der Waals surface area contributed by atoms with E-state index in [1.54, 1.807) is 72.8 Å². The first-order valence-electron chi connectivity index (χ1n) is 15.8. The highest BCUT2D eigenvalue weighted by Crippen LogP contribution is 2.26. The SMILES string of the molecule is O=C(Cc1cccc(OC(F)(F)F)c1)Nc1ccc(CCCCC2=NNC(NC(=O)C(OC(=O)C(O)c3ccccc3)c3ccccc3)S2)nn1. The maximum atomic E-state index is 13.3. The number of aromatic nitrogens is 2. The van der Waals surface area contributed by atoms with Gasteiger partial charge in [-0.15, -0.1) is 18.3 Å². The second kappa shape index (κ2) is 17.4. The molecule has 2 amide bonds. The summed E-state index contributed by atoms with van der Waals surface area (Å²) in [6.45, 7) is 0. The Morgan fingerprint density at radius 3 is 2.27 bits per heavy atom. The number of aliphatic hydroxyl groups excluding tert-OH is 1. The van der Waals surface area contributed by atoms with Gasteiger partial charge in [0.25, 0.3) is 5.91 Å². The number of benzene rings is 3. The lowest BCUT2D eigenvalue weighted by Crippen LogP contribution is -2.42. The van der Waals surface area contributed by atoms with E-state index in [4.69, 9.17) is 4.74 Å². The van der Waals surface area contributed by atoms with Gasteiger partial charge in [0.05, 0.1) is 17.2 Å². The van der Waals surface area contributed by atoms with E-state index in [2.05, 4.69) is 36.1 Å². The van der Waals surface area contributed by atoms with E-state index >= 15 is 0 Å². The van der Waals surface area contributed by atoms with E-state index in [0.29, 0.717) is 35.2 Å². The third-order valence-electron chi connectivity index (χ3n) is 7.30. The summed E-state index contributed by atoms with van der Waals surface area (Å²) in [5.41, 5.74) is 4.10. The number of aliphatic hydroxyl groups is 1. The highest BCUT2D eigenvalue weighted by atomic mass is 32.2. The zero-order chi connectivity index (χ0) is 36.2. The van der Waals surface area contributed by atoms with Crippen LogP contribution in [-0.2, 0) is 32.0 Å². The maximum Gasteiger partial charge on any atom is 0.573 e. The first kappa shape index (κ1) is 36.8. The van der Waals surface area contributed by atoms with Gasteiger partial charge < -0.3 is 25.2 Å². The average molecular weight is 723 g/mol. The molecule has 0 radical (unpaired) electrons. The summed E-state index contributed by atoms with van der Waals surface area (Å²) in [6.07, 6.45) is -5.12. The lowest BCUT2D eigenvalue weighted by atomic mass is 10.1. The largest absolute Gasteiger partial charge is 0.573 e. The van der Waals surface area contributed by atoms with Crippen LogP contribution in [0.2, 0.25) is 0 Å². The first-order chi connectivity index (χ1) is 24.5. The van der Waals surface area contributed by atoms with E-state index in [9.17, 15) is 32.7 Å². The van der Waals surface area contributed by atoms with E-state index in [1.807, 2.05) is 0 Å². The number of rotatable bonds is 15. The number of unbranched alkanes of at least 4 members (excludes halogenated alkanes) is 1. The van der Waals surface area contributed by atoms with Crippen LogP contribution in [0.15, 0.2) is 102 Å². The molecule has 51 heavy (non-hydrogen) atoms. The van der Waals surface area contributed by atoms with Crippen LogP contribution in [0.4, 0.5) is 19.0 Å². The molecule has 1 aromatic heterocycles. The number of aryl methyl sites for hydroxylation is 1. The van der Waals surface area contributed by atoms with Gasteiger partial charge in [-0.3, -0.25) is 15.0 Å². The van der Waals surface area contributed by atoms with Crippen LogP contribution in [0.5, 0.6) is 5.75 Å². The second-order valence-electron chi connectivity index (χ2n) is 11.2. The number of halogens is 3. The zero-order valence-corrected chi connectivity index (χ0v) is 27.7. The number of thioether (sulfide) groups is 1. The van der Waals surface area contributed by atoms with Gasteiger partial charge in [0, 0.05) is 5.56 Å². The number of ether oxygens (including phenoxy) is 2. The number of esters is 1. The molecule has 5 rings (SSSR count). The van der Waals surface area contributed by atoms with Gasteiger partial charge in [-0.05, 0) is 61.1 Å². The molecule has 0 spiro atoms. The van der Waals surface area contributed by atoms with E-state index in [-0.39, 0.29) is 12.2 Å². The maximum absolute atomic E-state index is 13.3. The van der Waals surface area contributed by atoms with Gasteiger partial charge in [0.15, 0.2) is 17.4 Å². The van der Waals surface area contributed by atoms with Crippen molar-refractivity contribution in [3.05, 3.63) is 119 Å². The van der Waals surface area contributed by atoms with Gasteiger partial charge in [0.1, 0.15) is 5.75 Å². The minimum atomic E-state index is -4.83. The summed E-state index contributed by atoms with van der Waals surface area (Å²) in [7, 11) is 0. The Labute approximate surface area is 294 Å². The Morgan fingerprint density at radius 2 is 1.59 bits per heavy atom. The number of nitrogens with one attached hydrogen (secondary N) is 3. The van der Waals surface area contributed by atoms with Crippen molar-refractivity contribution in [1.82, 2.24) is 20.9 Å². The van der Waals surface area contributed by atoms with Gasteiger partial charge in [0.2, 0.25) is 12.0 Å². The monoisotopic (exact) mass is 722 g/mol. The number of carbonyl (C=O) groups excluding carboxylic acids is 3. The van der Waals surface area contributed by atoms with Crippen molar-refractivity contribution in [3.8, 4) is 5.75 Å². The molecule has 3 atom stereocenters. The molecule has 0 fully saturated rings. The molecule has 16 heteroatoms. The Bertz CT molecular complexity index is 1820. The summed E-state index contributed by atoms with van der Waals surface area (Å²) in [5.74, 6) is -2.22. The highest BCUT2D eigenvalue weighted by Gasteiger charge is 2.32. The van der Waals surface area contributed by atoms with Crippen molar-refractivity contribution in [2.75, 3.05) is 5.32 Å². The normalized spacial score (nSPS) is 15.1. The molecule has 3 unspecified atom stereocenters. The summed E-state index contributed by atoms with van der Waals surface area (Å²) in [6, 6.07) is 25.3. The van der Waals surface area contributed by atoms with Gasteiger partial charge in [-0.25, -0.2) is 4.79 Å². The van der Waals surface area contributed by atoms with Crippen LogP contribution in [0.3, 0.4) is 0 Å². The fourth-order valence-corrected chi connectivity index (χ4v) is 5.84. The zero-order valence-electron chi connectivity index (χ0n) is 26.9. The molecule has 3 aromatic carbocycles. The highest BCUT2D eigenvalue weighted by molar-refractivity contribution is 8.14. The molecule has 0 saturated carbocycles. The Morgan fingerprint density at radius 1 is 0.882 bits per heavy atom. The molecule has 0 saturated heterocycles. The molecule has 1 aliphatic rings. The molecule has 4 aromatic rings. The predicted molar refractivity (Wildman–Crippen MR) is 182 cm³/mol. The third kappa shape index (κ3) is 11.5. The van der Waals surface area contributed by atoms with E-state index in [1.165, 1.54) is 23.9 Å². The van der Waals surface area contributed by atoms with Crippen LogP contribution in [0.1, 0.15) is 53.9 Å². The van der Waals surface area contributed by atoms with Gasteiger partial charge >= 0.3 is 12.3 Å². The number of anilines is 1. The number of hydrazone groups is 1. The van der Waals surface area contributed by atoms with Crippen molar-refractivity contribution in [2.24, 2.45) is 5.10 Å². The lowest BCUT2D eigenvalue weighted by molar-refractivity contribution is -0.274. The number of hydrogen-bond acceptors (Lipinski definition) is 11. The van der Waals surface area contributed by atoms with Crippen molar-refractivity contribution in [2.45, 2.75) is 56.2 Å². The lowest BCUT2D eigenvalue weighted by Gasteiger charge is -2.21. The molecular weight excluding hydrogens is 689 g/mol. The molecule has 266 valence electrons. The number of carbonyl (C=O) groups is 3. The Kier molecular flexibility index (Phi) is 12.6. The number of alkyl halides is 3. The summed E-state index contributed by atoms with van der Waals surface area (Å²) >= 11 is 1.32. The van der Waals surface area contributed by atoms with Crippen LogP contribution >= 0.6 is 11.8 Å². The molecule has 0 aliphatic carbocycles. The van der Waals surface area contributed by atoms with E-state index in [0.717, 1.165) is 30.0 Å². The molecule has 1 aliphatic heterocycles.